The Morgan fingerprint density at radius 3 is 2.36 bits per heavy atom. The fourth-order valence-electron chi connectivity index (χ4n) is 0.899. The van der Waals surface area contributed by atoms with Gasteiger partial charge in [0.1, 0.15) is 0 Å². The van der Waals surface area contributed by atoms with Gasteiger partial charge in [0.25, 0.3) is 0 Å². The van der Waals surface area contributed by atoms with Crippen LogP contribution in [0.15, 0.2) is 0 Å². The fourth-order valence-corrected chi connectivity index (χ4v) is 1.09. The highest BCUT2D eigenvalue weighted by atomic mass is 35.5. The average Bonchev–Trinajstić information content (AvgIpc) is 2.03. The summed E-state index contributed by atoms with van der Waals surface area (Å²) in [5.74, 6) is 0.801. The largest absolute Gasteiger partial charge is 0.381 e. The predicted molar refractivity (Wildman–Crippen MR) is 50.3 cm³/mol. The quantitative estimate of drug-likeness (QED) is 0.410. The van der Waals surface area contributed by atoms with Gasteiger partial charge in [-0.05, 0) is 19.3 Å². The third-order valence-electron chi connectivity index (χ3n) is 1.52. The van der Waals surface area contributed by atoms with Crippen LogP contribution in [0.2, 0.25) is 0 Å². The Morgan fingerprint density at radius 1 is 1.00 bits per heavy atom. The highest BCUT2D eigenvalue weighted by Gasteiger charge is 1.88. The lowest BCUT2D eigenvalue weighted by atomic mass is 10.2. The number of ether oxygens (including phenoxy) is 1. The van der Waals surface area contributed by atoms with E-state index in [-0.39, 0.29) is 0 Å². The molecule has 0 aliphatic rings. The van der Waals surface area contributed by atoms with Crippen molar-refractivity contribution < 1.29 is 4.74 Å². The fraction of sp³-hybridized carbons (Fsp3) is 1.00. The van der Waals surface area contributed by atoms with E-state index < -0.39 is 0 Å². The molecule has 0 N–H and O–H groups in total. The van der Waals surface area contributed by atoms with Gasteiger partial charge in [-0.2, -0.15) is 0 Å². The normalized spacial score (nSPS) is 10.4. The number of rotatable bonds is 8. The summed E-state index contributed by atoms with van der Waals surface area (Å²) in [6.45, 7) is 3.97. The first-order chi connectivity index (χ1) is 5.41. The third kappa shape index (κ3) is 10.2. The van der Waals surface area contributed by atoms with Gasteiger partial charge in [-0.15, -0.1) is 11.6 Å². The monoisotopic (exact) mass is 178 g/mol. The van der Waals surface area contributed by atoms with Gasteiger partial charge < -0.3 is 4.74 Å². The van der Waals surface area contributed by atoms with E-state index in [0.717, 1.165) is 31.9 Å². The van der Waals surface area contributed by atoms with Crippen LogP contribution in [-0.2, 0) is 4.74 Å². The molecule has 0 aromatic heterocycles. The van der Waals surface area contributed by atoms with Crippen molar-refractivity contribution in [3.05, 3.63) is 0 Å². The van der Waals surface area contributed by atoms with Gasteiger partial charge in [0.2, 0.25) is 0 Å². The van der Waals surface area contributed by atoms with E-state index in [4.69, 9.17) is 16.3 Å². The molecule has 68 valence electrons. The molecule has 0 radical (unpaired) electrons. The van der Waals surface area contributed by atoms with Gasteiger partial charge in [-0.1, -0.05) is 19.8 Å². The molecular weight excluding hydrogens is 160 g/mol. The zero-order valence-corrected chi connectivity index (χ0v) is 8.20. The average molecular weight is 179 g/mol. The Balaban J connectivity index is 2.69. The molecule has 0 aromatic carbocycles. The molecule has 0 aliphatic carbocycles. The zero-order chi connectivity index (χ0) is 8.36. The highest BCUT2D eigenvalue weighted by Crippen LogP contribution is 2.01. The molecule has 0 unspecified atom stereocenters. The molecule has 0 rings (SSSR count). The molecule has 0 aliphatic heterocycles. The number of alkyl halides is 1. The second-order valence-electron chi connectivity index (χ2n) is 2.72. The molecule has 0 fully saturated rings. The standard InChI is InChI=1S/C9H19ClO/c1-2-8-11-9-6-4-3-5-7-10/h2-9H2,1H3. The zero-order valence-electron chi connectivity index (χ0n) is 7.44. The van der Waals surface area contributed by atoms with Crippen LogP contribution in [0, 0.1) is 0 Å². The van der Waals surface area contributed by atoms with Crippen molar-refractivity contribution in [3.63, 3.8) is 0 Å². The first-order valence-corrected chi connectivity index (χ1v) is 5.09. The summed E-state index contributed by atoms with van der Waals surface area (Å²) in [5, 5.41) is 0. The Labute approximate surface area is 75.1 Å². The molecule has 0 saturated carbocycles. The summed E-state index contributed by atoms with van der Waals surface area (Å²) < 4.78 is 5.33. The summed E-state index contributed by atoms with van der Waals surface area (Å²) >= 11 is 5.53. The minimum atomic E-state index is 0.801. The highest BCUT2D eigenvalue weighted by molar-refractivity contribution is 6.17. The number of unbranched alkanes of at least 4 members (excludes halogenated alkanes) is 3. The van der Waals surface area contributed by atoms with Gasteiger partial charge in [0.15, 0.2) is 0 Å². The van der Waals surface area contributed by atoms with E-state index in [9.17, 15) is 0 Å². The molecule has 0 atom stereocenters. The van der Waals surface area contributed by atoms with E-state index in [1.165, 1.54) is 19.3 Å². The van der Waals surface area contributed by atoms with Crippen LogP contribution >= 0.6 is 11.6 Å². The maximum absolute atomic E-state index is 5.53. The van der Waals surface area contributed by atoms with E-state index in [1.54, 1.807) is 0 Å². The van der Waals surface area contributed by atoms with Crippen LogP contribution < -0.4 is 0 Å². The van der Waals surface area contributed by atoms with Crippen LogP contribution in [0.4, 0.5) is 0 Å². The van der Waals surface area contributed by atoms with E-state index >= 15 is 0 Å². The summed E-state index contributed by atoms with van der Waals surface area (Å²) in [6.07, 6.45) is 5.98. The van der Waals surface area contributed by atoms with Crippen LogP contribution in [0.3, 0.4) is 0 Å². The van der Waals surface area contributed by atoms with Gasteiger partial charge in [0, 0.05) is 19.1 Å². The van der Waals surface area contributed by atoms with Gasteiger partial charge in [0.05, 0.1) is 0 Å². The lowest BCUT2D eigenvalue weighted by Crippen LogP contribution is -1.95. The van der Waals surface area contributed by atoms with Crippen LogP contribution in [0.1, 0.15) is 39.0 Å². The minimum absolute atomic E-state index is 0.801. The first-order valence-electron chi connectivity index (χ1n) is 4.55. The van der Waals surface area contributed by atoms with Crippen LogP contribution in [-0.4, -0.2) is 19.1 Å². The van der Waals surface area contributed by atoms with Gasteiger partial charge >= 0.3 is 0 Å². The molecule has 0 spiro atoms. The van der Waals surface area contributed by atoms with Crippen molar-refractivity contribution in [2.24, 2.45) is 0 Å². The SMILES string of the molecule is CCCOCCCCCCCl. The Hall–Kier alpha value is 0.250. The van der Waals surface area contributed by atoms with Crippen molar-refractivity contribution in [1.82, 2.24) is 0 Å². The molecule has 11 heavy (non-hydrogen) atoms. The molecule has 0 bridgehead atoms. The van der Waals surface area contributed by atoms with E-state index in [1.807, 2.05) is 0 Å². The maximum Gasteiger partial charge on any atom is 0.0466 e. The summed E-state index contributed by atoms with van der Waals surface area (Å²) in [4.78, 5) is 0. The first kappa shape index (κ1) is 11.2. The van der Waals surface area contributed by atoms with Crippen molar-refractivity contribution in [3.8, 4) is 0 Å². The molecule has 0 amide bonds. The lowest BCUT2D eigenvalue weighted by Gasteiger charge is -2.00. The third-order valence-corrected chi connectivity index (χ3v) is 1.79. The van der Waals surface area contributed by atoms with Crippen molar-refractivity contribution in [2.45, 2.75) is 39.0 Å². The second kappa shape index (κ2) is 10.2. The molecule has 0 aromatic rings. The van der Waals surface area contributed by atoms with Crippen molar-refractivity contribution in [1.29, 1.82) is 0 Å². The minimum Gasteiger partial charge on any atom is -0.381 e. The number of hydrogen-bond donors (Lipinski definition) is 0. The Bertz CT molecular complexity index is 58.6. The smallest absolute Gasteiger partial charge is 0.0466 e. The predicted octanol–water partition coefficient (Wildman–Crippen LogP) is 3.21. The molecular formula is C9H19ClO. The molecule has 0 heterocycles. The number of hydrogen-bond acceptors (Lipinski definition) is 1. The summed E-state index contributed by atoms with van der Waals surface area (Å²) in [7, 11) is 0. The maximum atomic E-state index is 5.53. The Morgan fingerprint density at radius 2 is 1.73 bits per heavy atom. The molecule has 2 heteroatoms. The van der Waals surface area contributed by atoms with Gasteiger partial charge in [-0.25, -0.2) is 0 Å². The second-order valence-corrected chi connectivity index (χ2v) is 3.09. The van der Waals surface area contributed by atoms with Crippen molar-refractivity contribution >= 4 is 11.6 Å². The Kier molecular flexibility index (Phi) is 10.5. The summed E-state index contributed by atoms with van der Waals surface area (Å²) in [6, 6.07) is 0. The van der Waals surface area contributed by atoms with E-state index in [0.29, 0.717) is 0 Å². The molecule has 1 nitrogen and oxygen atoms in total. The summed E-state index contributed by atoms with van der Waals surface area (Å²) in [5.41, 5.74) is 0. The van der Waals surface area contributed by atoms with Crippen LogP contribution in [0.25, 0.3) is 0 Å². The lowest BCUT2D eigenvalue weighted by molar-refractivity contribution is 0.130. The van der Waals surface area contributed by atoms with Gasteiger partial charge in [-0.3, -0.25) is 0 Å². The molecule has 0 saturated heterocycles. The topological polar surface area (TPSA) is 9.23 Å². The van der Waals surface area contributed by atoms with Crippen LogP contribution in [0.5, 0.6) is 0 Å². The van der Waals surface area contributed by atoms with Crippen molar-refractivity contribution in [2.75, 3.05) is 19.1 Å². The van der Waals surface area contributed by atoms with E-state index in [2.05, 4.69) is 6.92 Å². The number of halogens is 1.